The summed E-state index contributed by atoms with van der Waals surface area (Å²) in [6.07, 6.45) is 1.94. The number of nitrogens with two attached hydrogens (primary N) is 1. The van der Waals surface area contributed by atoms with E-state index >= 15 is 0 Å². The van der Waals surface area contributed by atoms with Crippen molar-refractivity contribution < 1.29 is 4.79 Å². The van der Waals surface area contributed by atoms with E-state index in [-0.39, 0.29) is 6.04 Å². The Bertz CT molecular complexity index is 461. The number of nitrogens with one attached hydrogen (secondary N) is 1. The number of carbonyl (C=O) groups excluding carboxylic acids is 1. The van der Waals surface area contributed by atoms with E-state index in [1.54, 1.807) is 0 Å². The summed E-state index contributed by atoms with van der Waals surface area (Å²) in [7, 11) is 0. The highest BCUT2D eigenvalue weighted by molar-refractivity contribution is 5.71. The van der Waals surface area contributed by atoms with Gasteiger partial charge in [0.1, 0.15) is 0 Å². The second-order valence-corrected chi connectivity index (χ2v) is 6.32. The molecule has 1 heterocycles. The van der Waals surface area contributed by atoms with Crippen LogP contribution < -0.4 is 11.1 Å². The summed E-state index contributed by atoms with van der Waals surface area (Å²) in [6, 6.07) is 9.19. The molecular formula is C17H27N3O. The molecular weight excluding hydrogens is 262 g/mol. The molecule has 21 heavy (non-hydrogen) atoms. The number of urea groups is 1. The lowest BCUT2D eigenvalue weighted by atomic mass is 9.97. The van der Waals surface area contributed by atoms with E-state index < -0.39 is 6.03 Å². The Morgan fingerprint density at radius 2 is 1.67 bits per heavy atom. The van der Waals surface area contributed by atoms with Gasteiger partial charge < -0.3 is 11.1 Å². The van der Waals surface area contributed by atoms with Gasteiger partial charge in [-0.05, 0) is 36.8 Å². The van der Waals surface area contributed by atoms with E-state index in [1.807, 2.05) is 0 Å². The van der Waals surface area contributed by atoms with E-state index in [4.69, 9.17) is 5.73 Å². The van der Waals surface area contributed by atoms with E-state index in [2.05, 4.69) is 55.3 Å². The molecule has 1 aromatic carbocycles. The number of carbonyl (C=O) groups is 1. The number of hydrogen-bond acceptors (Lipinski definition) is 2. The van der Waals surface area contributed by atoms with Crippen LogP contribution in [0.3, 0.4) is 0 Å². The van der Waals surface area contributed by atoms with E-state index in [0.29, 0.717) is 12.0 Å². The standard InChI is InChI=1S/C17H27N3O/c1-12(2)14-4-6-15(7-5-14)13(3)20-10-8-16(9-11-20)19-17(18)21/h4-7,12-13,16H,8-11H2,1-3H3,(H3,18,19,21)/t13-/m0/s1. The highest BCUT2D eigenvalue weighted by Gasteiger charge is 2.24. The van der Waals surface area contributed by atoms with Crippen LogP contribution in [0, 0.1) is 0 Å². The molecule has 2 rings (SSSR count). The minimum Gasteiger partial charge on any atom is -0.352 e. The van der Waals surface area contributed by atoms with Crippen molar-refractivity contribution in [2.75, 3.05) is 13.1 Å². The lowest BCUT2D eigenvalue weighted by Crippen LogP contribution is -2.46. The number of hydrogen-bond donors (Lipinski definition) is 2. The predicted octanol–water partition coefficient (Wildman–Crippen LogP) is 3.00. The Morgan fingerprint density at radius 3 is 2.14 bits per heavy atom. The number of benzene rings is 1. The first-order chi connectivity index (χ1) is 9.97. The molecule has 0 saturated carbocycles. The molecule has 1 aliphatic heterocycles. The monoisotopic (exact) mass is 289 g/mol. The molecule has 4 nitrogen and oxygen atoms in total. The topological polar surface area (TPSA) is 58.4 Å². The third kappa shape index (κ3) is 4.21. The van der Waals surface area contributed by atoms with Gasteiger partial charge in [0.05, 0.1) is 0 Å². The molecule has 0 bridgehead atoms. The molecule has 1 atom stereocenters. The molecule has 0 aliphatic carbocycles. The van der Waals surface area contributed by atoms with Crippen LogP contribution in [0.1, 0.15) is 56.7 Å². The number of amides is 2. The molecule has 1 aromatic rings. The average molecular weight is 289 g/mol. The number of piperidine rings is 1. The Balaban J connectivity index is 1.92. The average Bonchev–Trinajstić information content (AvgIpc) is 2.47. The highest BCUT2D eigenvalue weighted by atomic mass is 16.2. The number of likely N-dealkylation sites (tertiary alicyclic amines) is 1. The Labute approximate surface area is 127 Å². The van der Waals surface area contributed by atoms with Crippen molar-refractivity contribution in [3.05, 3.63) is 35.4 Å². The van der Waals surface area contributed by atoms with E-state index in [0.717, 1.165) is 25.9 Å². The molecule has 0 unspecified atom stereocenters. The van der Waals surface area contributed by atoms with Crippen LogP contribution in [-0.2, 0) is 0 Å². The van der Waals surface area contributed by atoms with E-state index in [9.17, 15) is 4.79 Å². The van der Waals surface area contributed by atoms with Crippen LogP contribution in [0.15, 0.2) is 24.3 Å². The van der Waals surface area contributed by atoms with Gasteiger partial charge in [-0.3, -0.25) is 4.90 Å². The van der Waals surface area contributed by atoms with E-state index in [1.165, 1.54) is 11.1 Å². The number of nitrogens with zero attached hydrogens (tertiary/aromatic N) is 1. The van der Waals surface area contributed by atoms with Crippen LogP contribution in [0.2, 0.25) is 0 Å². The van der Waals surface area contributed by atoms with Crippen molar-refractivity contribution in [1.29, 1.82) is 0 Å². The largest absolute Gasteiger partial charge is 0.352 e. The van der Waals surface area contributed by atoms with Crippen molar-refractivity contribution >= 4 is 6.03 Å². The van der Waals surface area contributed by atoms with Crippen molar-refractivity contribution in [3.63, 3.8) is 0 Å². The number of rotatable bonds is 4. The lowest BCUT2D eigenvalue weighted by molar-refractivity contribution is 0.154. The van der Waals surface area contributed by atoms with Crippen LogP contribution >= 0.6 is 0 Å². The summed E-state index contributed by atoms with van der Waals surface area (Å²) in [6.45, 7) is 8.69. The molecule has 2 amide bonds. The molecule has 3 N–H and O–H groups in total. The summed E-state index contributed by atoms with van der Waals surface area (Å²) >= 11 is 0. The minimum absolute atomic E-state index is 0.231. The van der Waals surface area contributed by atoms with Crippen LogP contribution in [0.5, 0.6) is 0 Å². The quantitative estimate of drug-likeness (QED) is 0.895. The van der Waals surface area contributed by atoms with Crippen LogP contribution in [0.25, 0.3) is 0 Å². The fourth-order valence-electron chi connectivity index (χ4n) is 3.00. The van der Waals surface area contributed by atoms with Gasteiger partial charge in [0.15, 0.2) is 0 Å². The predicted molar refractivity (Wildman–Crippen MR) is 86.3 cm³/mol. The first-order valence-corrected chi connectivity index (χ1v) is 7.87. The van der Waals surface area contributed by atoms with Gasteiger partial charge in [-0.2, -0.15) is 0 Å². The maximum atomic E-state index is 10.9. The third-order valence-electron chi connectivity index (χ3n) is 4.51. The molecule has 4 heteroatoms. The summed E-state index contributed by atoms with van der Waals surface area (Å²) in [5, 5.41) is 2.81. The van der Waals surface area contributed by atoms with Crippen molar-refractivity contribution in [3.8, 4) is 0 Å². The minimum atomic E-state index is -0.411. The van der Waals surface area contributed by atoms with Crippen LogP contribution in [0.4, 0.5) is 4.79 Å². The third-order valence-corrected chi connectivity index (χ3v) is 4.51. The van der Waals surface area contributed by atoms with Gasteiger partial charge in [0.2, 0.25) is 0 Å². The van der Waals surface area contributed by atoms with Crippen molar-refractivity contribution in [1.82, 2.24) is 10.2 Å². The van der Waals surface area contributed by atoms with Crippen LogP contribution in [-0.4, -0.2) is 30.1 Å². The fraction of sp³-hybridized carbons (Fsp3) is 0.588. The first kappa shape index (κ1) is 15.8. The Morgan fingerprint density at radius 1 is 1.14 bits per heavy atom. The van der Waals surface area contributed by atoms with Gasteiger partial charge in [-0.1, -0.05) is 38.1 Å². The zero-order valence-corrected chi connectivity index (χ0v) is 13.3. The van der Waals surface area contributed by atoms with Crippen molar-refractivity contribution in [2.24, 2.45) is 5.73 Å². The second kappa shape index (κ2) is 6.94. The summed E-state index contributed by atoms with van der Waals surface area (Å²) in [5.41, 5.74) is 7.93. The molecule has 0 spiro atoms. The summed E-state index contributed by atoms with van der Waals surface area (Å²) in [4.78, 5) is 13.4. The lowest BCUT2D eigenvalue weighted by Gasteiger charge is -2.36. The Hall–Kier alpha value is -1.55. The van der Waals surface area contributed by atoms with Gasteiger partial charge in [-0.25, -0.2) is 4.79 Å². The second-order valence-electron chi connectivity index (χ2n) is 6.32. The summed E-state index contributed by atoms with van der Waals surface area (Å²) < 4.78 is 0. The summed E-state index contributed by atoms with van der Waals surface area (Å²) in [5.74, 6) is 0.574. The normalized spacial score (nSPS) is 18.7. The molecule has 116 valence electrons. The molecule has 1 saturated heterocycles. The fourth-order valence-corrected chi connectivity index (χ4v) is 3.00. The van der Waals surface area contributed by atoms with Gasteiger partial charge >= 0.3 is 6.03 Å². The molecule has 0 radical (unpaired) electrons. The zero-order chi connectivity index (χ0) is 15.4. The smallest absolute Gasteiger partial charge is 0.312 e. The maximum absolute atomic E-state index is 10.9. The molecule has 0 aromatic heterocycles. The van der Waals surface area contributed by atoms with Crippen molar-refractivity contribution in [2.45, 2.75) is 51.6 Å². The first-order valence-electron chi connectivity index (χ1n) is 7.87. The molecule has 1 fully saturated rings. The number of primary amides is 1. The van der Waals surface area contributed by atoms with Gasteiger partial charge in [-0.15, -0.1) is 0 Å². The zero-order valence-electron chi connectivity index (χ0n) is 13.3. The van der Waals surface area contributed by atoms with Gasteiger partial charge in [0.25, 0.3) is 0 Å². The van der Waals surface area contributed by atoms with Gasteiger partial charge in [0, 0.05) is 25.2 Å². The maximum Gasteiger partial charge on any atom is 0.312 e. The molecule has 1 aliphatic rings. The highest BCUT2D eigenvalue weighted by Crippen LogP contribution is 2.25. The SMILES string of the molecule is CC(C)c1ccc([C@H](C)N2CCC(NC(N)=O)CC2)cc1. The Kier molecular flexibility index (Phi) is 5.23.